The molecule has 3 N–H and O–H groups in total. The van der Waals surface area contributed by atoms with Gasteiger partial charge in [0, 0.05) is 11.9 Å². The van der Waals surface area contributed by atoms with Crippen LogP contribution in [0, 0.1) is 0 Å². The summed E-state index contributed by atoms with van der Waals surface area (Å²) in [5.74, 6) is 0.470. The van der Waals surface area contributed by atoms with Crippen molar-refractivity contribution in [2.45, 2.75) is 11.7 Å². The molecule has 8 nitrogen and oxygen atoms in total. The maximum Gasteiger partial charge on any atom is 0.330 e. The Hall–Kier alpha value is -1.58. The maximum absolute atomic E-state index is 11.6. The standard InChI is InChI=1S/C9H11N3O5S/c13-2-7-17-6(3-18-7)12-1-5(10-4-14)8(15)11-9(12)16/h1,4,6-7,13H,2-3H2,(H,10,14)(H,11,15,16). The predicted molar refractivity (Wildman–Crippen MR) is 64.5 cm³/mol. The predicted octanol–water partition coefficient (Wildman–Crippen LogP) is -1.31. The highest BCUT2D eigenvalue weighted by atomic mass is 32.2. The number of nitrogens with one attached hydrogen (secondary N) is 2. The van der Waals surface area contributed by atoms with Crippen LogP contribution in [0.25, 0.3) is 0 Å². The minimum Gasteiger partial charge on any atom is -0.393 e. The zero-order valence-electron chi connectivity index (χ0n) is 9.16. The number of nitrogens with zero attached hydrogens (tertiary/aromatic N) is 1. The van der Waals surface area contributed by atoms with Gasteiger partial charge >= 0.3 is 5.69 Å². The number of H-pyrrole nitrogens is 1. The summed E-state index contributed by atoms with van der Waals surface area (Å²) in [4.78, 5) is 35.4. The molecule has 2 unspecified atom stereocenters. The van der Waals surface area contributed by atoms with Crippen LogP contribution in [0.2, 0.25) is 0 Å². The van der Waals surface area contributed by atoms with Crippen LogP contribution in [0.1, 0.15) is 6.23 Å². The minimum atomic E-state index is -0.673. The summed E-state index contributed by atoms with van der Waals surface area (Å²) >= 11 is 1.36. The van der Waals surface area contributed by atoms with Crippen molar-refractivity contribution in [2.75, 3.05) is 17.7 Å². The van der Waals surface area contributed by atoms with E-state index in [9.17, 15) is 14.4 Å². The lowest BCUT2D eigenvalue weighted by atomic mass is 10.5. The van der Waals surface area contributed by atoms with Gasteiger partial charge in [-0.1, -0.05) is 0 Å². The van der Waals surface area contributed by atoms with Crippen molar-refractivity contribution in [1.29, 1.82) is 0 Å². The summed E-state index contributed by atoms with van der Waals surface area (Å²) in [7, 11) is 0. The molecule has 98 valence electrons. The first-order valence-electron chi connectivity index (χ1n) is 5.09. The Morgan fingerprint density at radius 3 is 3.06 bits per heavy atom. The summed E-state index contributed by atoms with van der Waals surface area (Å²) < 4.78 is 6.56. The van der Waals surface area contributed by atoms with Crippen LogP contribution in [0.5, 0.6) is 0 Å². The third-order valence-corrected chi connectivity index (χ3v) is 3.48. The number of anilines is 1. The van der Waals surface area contributed by atoms with E-state index in [4.69, 9.17) is 9.84 Å². The van der Waals surface area contributed by atoms with E-state index in [0.717, 1.165) is 0 Å². The molecule has 1 amide bonds. The number of aromatic nitrogens is 2. The van der Waals surface area contributed by atoms with Crippen LogP contribution in [0.3, 0.4) is 0 Å². The highest BCUT2D eigenvalue weighted by Gasteiger charge is 2.27. The van der Waals surface area contributed by atoms with Crippen LogP contribution in [-0.4, -0.2) is 38.9 Å². The second-order valence-electron chi connectivity index (χ2n) is 3.51. The lowest BCUT2D eigenvalue weighted by Crippen LogP contribution is -2.34. The molecule has 18 heavy (non-hydrogen) atoms. The van der Waals surface area contributed by atoms with Gasteiger partial charge in [0.1, 0.15) is 17.4 Å². The highest BCUT2D eigenvalue weighted by molar-refractivity contribution is 8.00. The summed E-state index contributed by atoms with van der Waals surface area (Å²) in [6.07, 6.45) is 0.990. The summed E-state index contributed by atoms with van der Waals surface area (Å²) in [6, 6.07) is 0. The van der Waals surface area contributed by atoms with Gasteiger partial charge in [-0.15, -0.1) is 11.8 Å². The number of aromatic amines is 1. The molecule has 1 aliphatic heterocycles. The third kappa shape index (κ3) is 2.47. The number of aliphatic hydroxyl groups excluding tert-OH is 1. The van der Waals surface area contributed by atoms with Crippen molar-refractivity contribution in [3.05, 3.63) is 27.0 Å². The second kappa shape index (κ2) is 5.38. The molecule has 2 atom stereocenters. The van der Waals surface area contributed by atoms with Crippen LogP contribution >= 0.6 is 11.8 Å². The molecule has 0 radical (unpaired) electrons. The fourth-order valence-electron chi connectivity index (χ4n) is 1.55. The van der Waals surface area contributed by atoms with Crippen molar-refractivity contribution in [3.8, 4) is 0 Å². The molecule has 2 heterocycles. The third-order valence-electron chi connectivity index (χ3n) is 2.38. The molecule has 1 aliphatic rings. The first-order chi connectivity index (χ1) is 8.65. The molecule has 0 saturated carbocycles. The van der Waals surface area contributed by atoms with Gasteiger partial charge in [0.15, 0.2) is 0 Å². The maximum atomic E-state index is 11.6. The minimum absolute atomic E-state index is 0.0364. The zero-order chi connectivity index (χ0) is 13.1. The topological polar surface area (TPSA) is 113 Å². The average molecular weight is 273 g/mol. The molecule has 0 aliphatic carbocycles. The Morgan fingerprint density at radius 2 is 2.44 bits per heavy atom. The Kier molecular flexibility index (Phi) is 3.84. The number of carbonyl (C=O) groups excluding carboxylic acids is 1. The fraction of sp³-hybridized carbons (Fsp3) is 0.444. The summed E-state index contributed by atoms with van der Waals surface area (Å²) in [6.45, 7) is -0.154. The number of hydrogen-bond donors (Lipinski definition) is 3. The largest absolute Gasteiger partial charge is 0.393 e. The van der Waals surface area contributed by atoms with Crippen LogP contribution in [0.15, 0.2) is 15.8 Å². The van der Waals surface area contributed by atoms with E-state index in [2.05, 4.69) is 10.3 Å². The van der Waals surface area contributed by atoms with E-state index < -0.39 is 22.9 Å². The summed E-state index contributed by atoms with van der Waals surface area (Å²) in [5.41, 5.74) is -1.73. The van der Waals surface area contributed by atoms with Gasteiger partial charge in [0.25, 0.3) is 5.56 Å². The van der Waals surface area contributed by atoms with E-state index in [1.165, 1.54) is 22.5 Å². The number of aliphatic hydroxyl groups is 1. The van der Waals surface area contributed by atoms with E-state index in [-0.39, 0.29) is 12.3 Å². The van der Waals surface area contributed by atoms with Crippen LogP contribution in [0.4, 0.5) is 5.69 Å². The molecule has 0 bridgehead atoms. The van der Waals surface area contributed by atoms with Crippen molar-refractivity contribution < 1.29 is 14.6 Å². The number of hydrogen-bond acceptors (Lipinski definition) is 6. The van der Waals surface area contributed by atoms with Gasteiger partial charge in [0.05, 0.1) is 6.61 Å². The molecule has 0 spiro atoms. The SMILES string of the molecule is O=CNc1cn(C2CSC(CO)O2)c(=O)[nH]c1=O. The number of rotatable bonds is 4. The van der Waals surface area contributed by atoms with Gasteiger partial charge in [-0.2, -0.15) is 0 Å². The summed E-state index contributed by atoms with van der Waals surface area (Å²) in [5, 5.41) is 11.1. The van der Waals surface area contributed by atoms with Gasteiger partial charge in [-0.25, -0.2) is 4.79 Å². The van der Waals surface area contributed by atoms with Crippen molar-refractivity contribution in [2.24, 2.45) is 0 Å². The van der Waals surface area contributed by atoms with Crippen LogP contribution < -0.4 is 16.6 Å². The highest BCUT2D eigenvalue weighted by Crippen LogP contribution is 2.30. The van der Waals surface area contributed by atoms with Crippen molar-refractivity contribution in [1.82, 2.24) is 9.55 Å². The molecule has 0 aromatic carbocycles. The molecule has 9 heteroatoms. The lowest BCUT2D eigenvalue weighted by molar-refractivity contribution is -0.105. The first kappa shape index (κ1) is 12.9. The first-order valence-corrected chi connectivity index (χ1v) is 6.14. The monoisotopic (exact) mass is 273 g/mol. The lowest BCUT2D eigenvalue weighted by Gasteiger charge is -2.14. The Balaban J connectivity index is 2.33. The molecule has 1 aromatic heterocycles. The van der Waals surface area contributed by atoms with Gasteiger partial charge < -0.3 is 15.2 Å². The average Bonchev–Trinajstić information content (AvgIpc) is 2.81. The van der Waals surface area contributed by atoms with E-state index in [1.54, 1.807) is 0 Å². The Bertz CT molecular complexity index is 554. The van der Waals surface area contributed by atoms with Crippen LogP contribution in [-0.2, 0) is 9.53 Å². The quantitative estimate of drug-likeness (QED) is 0.587. The number of thioether (sulfide) groups is 1. The number of carbonyl (C=O) groups is 1. The molecular formula is C9H11N3O5S. The Labute approximate surface area is 105 Å². The van der Waals surface area contributed by atoms with Crippen molar-refractivity contribution >= 4 is 23.9 Å². The van der Waals surface area contributed by atoms with E-state index in [1.807, 2.05) is 0 Å². The molecular weight excluding hydrogens is 262 g/mol. The van der Waals surface area contributed by atoms with Gasteiger partial charge in [0.2, 0.25) is 6.41 Å². The molecule has 1 fully saturated rings. The van der Waals surface area contributed by atoms with E-state index >= 15 is 0 Å². The molecule has 1 aromatic rings. The normalized spacial score (nSPS) is 22.9. The van der Waals surface area contributed by atoms with Gasteiger partial charge in [-0.05, 0) is 0 Å². The second-order valence-corrected chi connectivity index (χ2v) is 4.70. The van der Waals surface area contributed by atoms with Crippen molar-refractivity contribution in [3.63, 3.8) is 0 Å². The Morgan fingerprint density at radius 1 is 1.67 bits per heavy atom. The smallest absolute Gasteiger partial charge is 0.330 e. The number of ether oxygens (including phenoxy) is 1. The van der Waals surface area contributed by atoms with Gasteiger partial charge in [-0.3, -0.25) is 19.1 Å². The fourth-order valence-corrected chi connectivity index (χ4v) is 2.48. The molecule has 2 rings (SSSR count). The zero-order valence-corrected chi connectivity index (χ0v) is 9.98. The number of amides is 1. The molecule has 1 saturated heterocycles. The van der Waals surface area contributed by atoms with E-state index in [0.29, 0.717) is 12.2 Å².